The second kappa shape index (κ2) is 8.81. The molecule has 142 valence electrons. The maximum absolute atomic E-state index is 12.5. The molecule has 1 atom stereocenters. The maximum Gasteiger partial charge on any atom is 0.350 e. The Hall–Kier alpha value is -2.39. The van der Waals surface area contributed by atoms with E-state index < -0.39 is 0 Å². The topological polar surface area (TPSA) is 115 Å². The number of likely N-dealkylation sites (tertiary alicyclic amines) is 1. The van der Waals surface area contributed by atoms with Crippen LogP contribution in [0, 0.1) is 5.92 Å². The molecule has 3 heterocycles. The summed E-state index contributed by atoms with van der Waals surface area (Å²) in [4.78, 5) is 38.5. The normalized spacial score (nSPS) is 17.0. The largest absolute Gasteiger partial charge is 0.355 e. The summed E-state index contributed by atoms with van der Waals surface area (Å²) in [5.41, 5.74) is 5.54. The van der Waals surface area contributed by atoms with Crippen molar-refractivity contribution in [2.24, 2.45) is 11.7 Å². The minimum Gasteiger partial charge on any atom is -0.355 e. The lowest BCUT2D eigenvalue weighted by Gasteiger charge is -2.32. The second-order valence-electron chi connectivity index (χ2n) is 6.13. The number of hydrogen-bond acceptors (Lipinski definition) is 5. The van der Waals surface area contributed by atoms with Crippen molar-refractivity contribution in [3.05, 3.63) is 34.9 Å². The highest BCUT2D eigenvalue weighted by Crippen LogP contribution is 2.17. The summed E-state index contributed by atoms with van der Waals surface area (Å²) >= 11 is 0. The summed E-state index contributed by atoms with van der Waals surface area (Å²) in [6.45, 7) is 1.63. The van der Waals surface area contributed by atoms with Gasteiger partial charge in [-0.05, 0) is 25.0 Å². The lowest BCUT2D eigenvalue weighted by molar-refractivity contribution is -0.136. The molecule has 0 bridgehead atoms. The highest BCUT2D eigenvalue weighted by molar-refractivity contribution is 5.85. The Kier molecular flexibility index (Phi) is 6.76. The van der Waals surface area contributed by atoms with Crippen LogP contribution in [0.2, 0.25) is 0 Å². The van der Waals surface area contributed by atoms with Crippen LogP contribution in [0.3, 0.4) is 0 Å². The quantitative estimate of drug-likeness (QED) is 0.704. The zero-order valence-electron chi connectivity index (χ0n) is 14.3. The van der Waals surface area contributed by atoms with Gasteiger partial charge in [0.1, 0.15) is 6.54 Å². The minimum absolute atomic E-state index is 0. The fourth-order valence-electron chi connectivity index (χ4n) is 3.06. The van der Waals surface area contributed by atoms with Crippen LogP contribution in [-0.2, 0) is 16.1 Å². The van der Waals surface area contributed by atoms with Gasteiger partial charge in [-0.2, -0.15) is 0 Å². The third-order valence-electron chi connectivity index (χ3n) is 4.36. The van der Waals surface area contributed by atoms with E-state index in [1.807, 2.05) is 0 Å². The van der Waals surface area contributed by atoms with Gasteiger partial charge in [0.2, 0.25) is 11.8 Å². The number of carbonyl (C=O) groups is 2. The van der Waals surface area contributed by atoms with Crippen molar-refractivity contribution in [2.45, 2.75) is 19.4 Å². The SMILES string of the molecule is Cl.NCCNC(=O)C1CCCN(C(=O)Cn2nc3ccccn3c2=O)C1. The van der Waals surface area contributed by atoms with Gasteiger partial charge in [-0.25, -0.2) is 9.48 Å². The summed E-state index contributed by atoms with van der Waals surface area (Å²) in [6, 6.07) is 5.22. The lowest BCUT2D eigenvalue weighted by atomic mass is 9.97. The monoisotopic (exact) mass is 382 g/mol. The number of aromatic nitrogens is 3. The van der Waals surface area contributed by atoms with Gasteiger partial charge in [0.05, 0.1) is 5.92 Å². The summed E-state index contributed by atoms with van der Waals surface area (Å²) in [7, 11) is 0. The van der Waals surface area contributed by atoms with E-state index in [1.54, 1.807) is 29.3 Å². The van der Waals surface area contributed by atoms with Crippen molar-refractivity contribution in [3.8, 4) is 0 Å². The number of carbonyl (C=O) groups excluding carboxylic acids is 2. The van der Waals surface area contributed by atoms with Crippen LogP contribution in [-0.4, -0.2) is 57.1 Å². The molecule has 0 radical (unpaired) electrons. The van der Waals surface area contributed by atoms with Crippen LogP contribution in [0.25, 0.3) is 5.65 Å². The van der Waals surface area contributed by atoms with Crippen molar-refractivity contribution >= 4 is 29.9 Å². The molecule has 1 fully saturated rings. The van der Waals surface area contributed by atoms with Gasteiger partial charge in [-0.3, -0.25) is 14.0 Å². The zero-order chi connectivity index (χ0) is 17.8. The van der Waals surface area contributed by atoms with Crippen LogP contribution in [0.15, 0.2) is 29.2 Å². The van der Waals surface area contributed by atoms with E-state index >= 15 is 0 Å². The van der Waals surface area contributed by atoms with Crippen LogP contribution < -0.4 is 16.7 Å². The van der Waals surface area contributed by atoms with Crippen molar-refractivity contribution < 1.29 is 9.59 Å². The number of halogens is 1. The molecular formula is C16H23ClN6O3. The van der Waals surface area contributed by atoms with Gasteiger partial charge in [-0.1, -0.05) is 6.07 Å². The molecule has 1 aliphatic rings. The zero-order valence-corrected chi connectivity index (χ0v) is 15.2. The third-order valence-corrected chi connectivity index (χ3v) is 4.36. The predicted octanol–water partition coefficient (Wildman–Crippen LogP) is -0.769. The highest BCUT2D eigenvalue weighted by Gasteiger charge is 2.28. The Balaban J connectivity index is 0.00000243. The van der Waals surface area contributed by atoms with Crippen LogP contribution in [0.5, 0.6) is 0 Å². The van der Waals surface area contributed by atoms with E-state index in [1.165, 1.54) is 4.40 Å². The fourth-order valence-corrected chi connectivity index (χ4v) is 3.06. The number of nitrogens with one attached hydrogen (secondary N) is 1. The Labute approximate surface area is 156 Å². The van der Waals surface area contributed by atoms with Crippen LogP contribution in [0.4, 0.5) is 0 Å². The summed E-state index contributed by atoms with van der Waals surface area (Å²) in [5.74, 6) is -0.517. The summed E-state index contributed by atoms with van der Waals surface area (Å²) in [5, 5.41) is 6.93. The van der Waals surface area contributed by atoms with Gasteiger partial charge in [0.25, 0.3) is 0 Å². The van der Waals surface area contributed by atoms with Crippen molar-refractivity contribution in [3.63, 3.8) is 0 Å². The molecule has 2 aromatic rings. The Morgan fingerprint density at radius 2 is 2.15 bits per heavy atom. The number of nitrogens with zero attached hydrogens (tertiary/aromatic N) is 4. The molecule has 1 saturated heterocycles. The molecule has 0 spiro atoms. The number of rotatable bonds is 5. The molecule has 9 nitrogen and oxygen atoms in total. The molecule has 0 aromatic carbocycles. The number of nitrogens with two attached hydrogens (primary N) is 1. The molecule has 26 heavy (non-hydrogen) atoms. The average Bonchev–Trinajstić information content (AvgIpc) is 2.95. The Morgan fingerprint density at radius 3 is 2.88 bits per heavy atom. The third kappa shape index (κ3) is 4.23. The molecule has 0 aliphatic carbocycles. The number of fused-ring (bicyclic) bond motifs is 1. The van der Waals surface area contributed by atoms with Crippen molar-refractivity contribution in [1.29, 1.82) is 0 Å². The van der Waals surface area contributed by atoms with E-state index in [0.717, 1.165) is 17.5 Å². The van der Waals surface area contributed by atoms with Gasteiger partial charge in [0.15, 0.2) is 5.65 Å². The van der Waals surface area contributed by atoms with Crippen LogP contribution >= 0.6 is 12.4 Å². The Bertz CT molecular complexity index is 833. The molecule has 2 amide bonds. The molecule has 2 aromatic heterocycles. The number of amides is 2. The van der Waals surface area contributed by atoms with E-state index in [2.05, 4.69) is 10.4 Å². The maximum atomic E-state index is 12.5. The van der Waals surface area contributed by atoms with Gasteiger partial charge in [0, 0.05) is 32.4 Å². The molecule has 3 N–H and O–H groups in total. The number of piperidine rings is 1. The van der Waals surface area contributed by atoms with E-state index in [-0.39, 0.29) is 42.4 Å². The fraction of sp³-hybridized carbons (Fsp3) is 0.500. The lowest BCUT2D eigenvalue weighted by Crippen LogP contribution is -2.47. The van der Waals surface area contributed by atoms with Crippen LogP contribution in [0.1, 0.15) is 12.8 Å². The summed E-state index contributed by atoms with van der Waals surface area (Å²) in [6.07, 6.45) is 3.12. The highest BCUT2D eigenvalue weighted by atomic mass is 35.5. The van der Waals surface area contributed by atoms with E-state index in [4.69, 9.17) is 5.73 Å². The van der Waals surface area contributed by atoms with Crippen molar-refractivity contribution in [2.75, 3.05) is 26.2 Å². The predicted molar refractivity (Wildman–Crippen MR) is 98.1 cm³/mol. The standard InChI is InChI=1S/C16H22N6O3.ClH/c17-6-7-18-15(24)12-4-3-8-20(10-12)14(23)11-22-16(25)21-9-2-1-5-13(21)19-22;/h1-2,5,9,12H,3-4,6-8,10-11,17H2,(H,18,24);1H. The first-order valence-corrected chi connectivity index (χ1v) is 8.40. The van der Waals surface area contributed by atoms with Crippen molar-refractivity contribution in [1.82, 2.24) is 24.4 Å². The van der Waals surface area contributed by atoms with E-state index in [0.29, 0.717) is 31.8 Å². The number of pyridine rings is 1. The molecule has 10 heteroatoms. The number of hydrogen-bond donors (Lipinski definition) is 2. The van der Waals surface area contributed by atoms with Gasteiger partial charge in [-0.15, -0.1) is 17.5 Å². The van der Waals surface area contributed by atoms with Gasteiger partial charge < -0.3 is 16.0 Å². The second-order valence-corrected chi connectivity index (χ2v) is 6.13. The first kappa shape index (κ1) is 19.9. The molecule has 3 rings (SSSR count). The van der Waals surface area contributed by atoms with E-state index in [9.17, 15) is 14.4 Å². The smallest absolute Gasteiger partial charge is 0.350 e. The molecule has 1 aliphatic heterocycles. The molecule has 0 saturated carbocycles. The summed E-state index contributed by atoms with van der Waals surface area (Å²) < 4.78 is 2.56. The molecule has 1 unspecified atom stereocenters. The first-order chi connectivity index (χ1) is 12.1. The minimum atomic E-state index is -0.349. The van der Waals surface area contributed by atoms with Gasteiger partial charge >= 0.3 is 5.69 Å². The average molecular weight is 383 g/mol. The Morgan fingerprint density at radius 1 is 1.35 bits per heavy atom. The molecular weight excluding hydrogens is 360 g/mol. The first-order valence-electron chi connectivity index (χ1n) is 8.40.